The van der Waals surface area contributed by atoms with E-state index in [1.54, 1.807) is 13.8 Å². The molecular formula is C6H11NO4S. The minimum Gasteiger partial charge on any atom is -0.596 e. The van der Waals surface area contributed by atoms with Gasteiger partial charge >= 0.3 is 5.97 Å². The van der Waals surface area contributed by atoms with Gasteiger partial charge in [0.05, 0.1) is 18.0 Å². The fraction of sp³-hybridized carbons (Fsp3) is 0.833. The molecular weight excluding hydrogens is 182 g/mol. The van der Waals surface area contributed by atoms with Crippen LogP contribution in [-0.4, -0.2) is 33.2 Å². The number of hydrogen-bond acceptors (Lipinski definition) is 4. The molecule has 2 atom stereocenters. The Morgan fingerprint density at radius 3 is 2.83 bits per heavy atom. The molecule has 1 saturated heterocycles. The lowest BCUT2D eigenvalue weighted by Gasteiger charge is -2.34. The van der Waals surface area contributed by atoms with E-state index in [1.165, 1.54) is 0 Å². The van der Waals surface area contributed by atoms with Crippen LogP contribution in [0.4, 0.5) is 0 Å². The molecule has 6 heteroatoms. The Morgan fingerprint density at radius 2 is 2.42 bits per heavy atom. The van der Waals surface area contributed by atoms with Crippen LogP contribution in [0.3, 0.4) is 0 Å². The Hall–Kier alpha value is -0.300. The summed E-state index contributed by atoms with van der Waals surface area (Å²) >= 11 is -1.45. The molecule has 1 heterocycles. The largest absolute Gasteiger partial charge is 0.596 e. The molecule has 0 aromatic heterocycles. The number of carboxylic acids is 1. The smallest absolute Gasteiger partial charge is 0.327 e. The first-order valence-electron chi connectivity index (χ1n) is 3.48. The summed E-state index contributed by atoms with van der Waals surface area (Å²) in [6, 6.07) is -0.862. The third-order valence-corrected chi connectivity index (χ3v) is 3.10. The van der Waals surface area contributed by atoms with Crippen molar-refractivity contribution in [2.24, 2.45) is 0 Å². The number of aliphatic carboxylic acids is 1. The van der Waals surface area contributed by atoms with Crippen molar-refractivity contribution in [2.45, 2.75) is 24.8 Å². The summed E-state index contributed by atoms with van der Waals surface area (Å²) in [5.41, 5.74) is 0. The van der Waals surface area contributed by atoms with Gasteiger partial charge in [-0.25, -0.2) is 0 Å². The average molecular weight is 193 g/mol. The molecule has 5 nitrogen and oxygen atoms in total. The molecule has 1 aliphatic heterocycles. The van der Waals surface area contributed by atoms with Crippen molar-refractivity contribution in [3.63, 3.8) is 0 Å². The predicted molar refractivity (Wildman–Crippen MR) is 42.7 cm³/mol. The minimum absolute atomic E-state index is 0.0497. The zero-order chi connectivity index (χ0) is 9.35. The Morgan fingerprint density at radius 1 is 1.83 bits per heavy atom. The third-order valence-electron chi connectivity index (χ3n) is 1.59. The average Bonchev–Trinajstić information content (AvgIpc) is 1.94. The zero-order valence-corrected chi connectivity index (χ0v) is 7.68. The number of carbonyl (C=O) groups is 1. The van der Waals surface area contributed by atoms with Crippen LogP contribution in [0, 0.1) is 0 Å². The molecule has 2 unspecified atom stereocenters. The summed E-state index contributed by atoms with van der Waals surface area (Å²) in [6.07, 6.45) is 0. The van der Waals surface area contributed by atoms with Gasteiger partial charge in [-0.1, -0.05) is 0 Å². The highest BCUT2D eigenvalue weighted by molar-refractivity contribution is 7.90. The maximum atomic E-state index is 11.2. The van der Waals surface area contributed by atoms with Crippen LogP contribution in [0.2, 0.25) is 0 Å². The Labute approximate surface area is 73.4 Å². The lowest BCUT2D eigenvalue weighted by atomic mass is 10.3. The van der Waals surface area contributed by atoms with Crippen LogP contribution < -0.4 is 4.72 Å². The van der Waals surface area contributed by atoms with Gasteiger partial charge in [-0.3, -0.25) is 4.79 Å². The summed E-state index contributed by atoms with van der Waals surface area (Å²) in [5, 5.41) is 8.55. The lowest BCUT2D eigenvalue weighted by molar-refractivity contribution is -0.142. The first-order valence-corrected chi connectivity index (χ1v) is 4.63. The van der Waals surface area contributed by atoms with Crippen LogP contribution in [0.15, 0.2) is 0 Å². The highest BCUT2D eigenvalue weighted by atomic mass is 32.2. The van der Waals surface area contributed by atoms with E-state index in [4.69, 9.17) is 9.84 Å². The molecule has 0 spiro atoms. The number of hydrogen-bond donors (Lipinski definition) is 2. The van der Waals surface area contributed by atoms with Crippen molar-refractivity contribution in [1.82, 2.24) is 4.72 Å². The van der Waals surface area contributed by atoms with E-state index in [1.807, 2.05) is 0 Å². The van der Waals surface area contributed by atoms with Crippen molar-refractivity contribution in [3.05, 3.63) is 0 Å². The standard InChI is InChI=1S/C6H11NO4S/c1-6(2)11-3-4(5(8)9)7-12(6)10/h4,7H,3H2,1-2H3,(H,8,9). The topological polar surface area (TPSA) is 81.6 Å². The summed E-state index contributed by atoms with van der Waals surface area (Å²) in [6.45, 7) is 3.34. The molecule has 0 aromatic carbocycles. The van der Waals surface area contributed by atoms with Gasteiger partial charge in [0.2, 0.25) is 4.93 Å². The second-order valence-electron chi connectivity index (χ2n) is 2.99. The van der Waals surface area contributed by atoms with Crippen molar-refractivity contribution in [2.75, 3.05) is 6.61 Å². The van der Waals surface area contributed by atoms with E-state index < -0.39 is 28.3 Å². The zero-order valence-electron chi connectivity index (χ0n) is 6.86. The van der Waals surface area contributed by atoms with Crippen molar-refractivity contribution >= 4 is 17.3 Å². The van der Waals surface area contributed by atoms with Crippen LogP contribution in [0.25, 0.3) is 0 Å². The molecule has 1 fully saturated rings. The molecule has 0 aromatic rings. The van der Waals surface area contributed by atoms with Crippen molar-refractivity contribution in [1.29, 1.82) is 0 Å². The number of carboxylic acid groups (broad SMARTS) is 1. The second kappa shape index (κ2) is 3.21. The molecule has 1 aliphatic rings. The molecule has 0 amide bonds. The fourth-order valence-electron chi connectivity index (χ4n) is 0.764. The van der Waals surface area contributed by atoms with Crippen LogP contribution in [-0.2, 0) is 20.9 Å². The second-order valence-corrected chi connectivity index (χ2v) is 4.74. The molecule has 1 rings (SSSR count). The first kappa shape index (κ1) is 9.79. The van der Waals surface area contributed by atoms with E-state index in [2.05, 4.69) is 4.72 Å². The molecule has 0 aliphatic carbocycles. The van der Waals surface area contributed by atoms with E-state index in [0.29, 0.717) is 0 Å². The maximum absolute atomic E-state index is 11.2. The summed E-state index contributed by atoms with van der Waals surface area (Å²) in [4.78, 5) is 9.63. The van der Waals surface area contributed by atoms with Gasteiger partial charge < -0.3 is 14.4 Å². The Balaban J connectivity index is 2.58. The van der Waals surface area contributed by atoms with Crippen LogP contribution >= 0.6 is 0 Å². The molecule has 0 radical (unpaired) electrons. The summed E-state index contributed by atoms with van der Waals surface area (Å²) < 4.78 is 18.8. The van der Waals surface area contributed by atoms with Crippen LogP contribution in [0.1, 0.15) is 13.8 Å². The van der Waals surface area contributed by atoms with Gasteiger partial charge in [0.1, 0.15) is 0 Å². The highest BCUT2D eigenvalue weighted by Gasteiger charge is 2.43. The van der Waals surface area contributed by atoms with E-state index in [0.717, 1.165) is 0 Å². The van der Waals surface area contributed by atoms with E-state index in [9.17, 15) is 9.35 Å². The van der Waals surface area contributed by atoms with Gasteiger partial charge in [-0.15, -0.1) is 4.72 Å². The molecule has 12 heavy (non-hydrogen) atoms. The van der Waals surface area contributed by atoms with Crippen molar-refractivity contribution < 1.29 is 19.2 Å². The predicted octanol–water partition coefficient (Wildman–Crippen LogP) is -0.541. The highest BCUT2D eigenvalue weighted by Crippen LogP contribution is 2.21. The number of nitrogens with one attached hydrogen (secondary N) is 1. The molecule has 0 saturated carbocycles. The lowest BCUT2D eigenvalue weighted by Crippen LogP contribution is -2.58. The quantitative estimate of drug-likeness (QED) is 0.546. The van der Waals surface area contributed by atoms with Crippen molar-refractivity contribution in [3.8, 4) is 0 Å². The Bertz CT molecular complexity index is 196. The van der Waals surface area contributed by atoms with Gasteiger partial charge in [0.15, 0.2) is 6.04 Å². The SMILES string of the molecule is CC1(C)OCC(C(=O)O)N[S+]1[O-]. The van der Waals surface area contributed by atoms with Crippen LogP contribution in [0.5, 0.6) is 0 Å². The monoisotopic (exact) mass is 193 g/mol. The first-order chi connectivity index (χ1) is 5.43. The summed E-state index contributed by atoms with van der Waals surface area (Å²) in [5.74, 6) is -1.04. The summed E-state index contributed by atoms with van der Waals surface area (Å²) in [7, 11) is 0. The number of rotatable bonds is 1. The molecule has 70 valence electrons. The van der Waals surface area contributed by atoms with Gasteiger partial charge in [0.25, 0.3) is 0 Å². The van der Waals surface area contributed by atoms with E-state index >= 15 is 0 Å². The molecule has 0 bridgehead atoms. The number of ether oxygens (including phenoxy) is 1. The fourth-order valence-corrected chi connectivity index (χ4v) is 1.65. The van der Waals surface area contributed by atoms with E-state index in [-0.39, 0.29) is 6.61 Å². The minimum atomic E-state index is -1.45. The van der Waals surface area contributed by atoms with Gasteiger partial charge in [-0.2, -0.15) is 0 Å². The maximum Gasteiger partial charge on any atom is 0.327 e. The van der Waals surface area contributed by atoms with Gasteiger partial charge in [-0.05, 0) is 0 Å². The third kappa shape index (κ3) is 1.89. The Kier molecular flexibility index (Phi) is 2.62. The molecule has 2 N–H and O–H groups in total. The normalized spacial score (nSPS) is 34.6. The van der Waals surface area contributed by atoms with Gasteiger partial charge in [0, 0.05) is 13.8 Å².